The molecule has 0 fully saturated rings. The van der Waals surface area contributed by atoms with E-state index in [4.69, 9.17) is 0 Å². The molecular formula is C11H15N3S. The third kappa shape index (κ3) is 2.50. The second kappa shape index (κ2) is 3.85. The Bertz CT molecular complexity index is 373. The maximum absolute atomic E-state index is 4.53. The van der Waals surface area contributed by atoms with Crippen LogP contribution < -0.4 is 0 Å². The molecule has 15 heavy (non-hydrogen) atoms. The molecule has 1 aliphatic heterocycles. The molecule has 1 aromatic heterocycles. The molecule has 0 saturated heterocycles. The zero-order valence-electron chi connectivity index (χ0n) is 9.27. The number of thioether (sulfide) groups is 1. The molecule has 0 aliphatic carbocycles. The van der Waals surface area contributed by atoms with Crippen LogP contribution >= 0.6 is 11.8 Å². The van der Waals surface area contributed by atoms with Crippen molar-refractivity contribution in [3.8, 4) is 0 Å². The van der Waals surface area contributed by atoms with E-state index in [9.17, 15) is 0 Å². The van der Waals surface area contributed by atoms with Crippen LogP contribution in [0.2, 0.25) is 0 Å². The van der Waals surface area contributed by atoms with Gasteiger partial charge in [-0.3, -0.25) is 9.99 Å². The van der Waals surface area contributed by atoms with Gasteiger partial charge in [0.1, 0.15) is 5.04 Å². The minimum absolute atomic E-state index is 0.217. The number of pyridine rings is 1. The summed E-state index contributed by atoms with van der Waals surface area (Å²) in [6.07, 6.45) is 3.61. The molecule has 0 unspecified atom stereocenters. The normalized spacial score (nSPS) is 19.9. The summed E-state index contributed by atoms with van der Waals surface area (Å²) in [6.45, 7) is 5.46. The van der Waals surface area contributed by atoms with Gasteiger partial charge < -0.3 is 0 Å². The molecule has 0 bridgehead atoms. The molecule has 3 nitrogen and oxygen atoms in total. The van der Waals surface area contributed by atoms with Gasteiger partial charge in [0.05, 0.1) is 6.54 Å². The first-order chi connectivity index (χ1) is 7.07. The van der Waals surface area contributed by atoms with Crippen molar-refractivity contribution in [3.05, 3.63) is 30.1 Å². The summed E-state index contributed by atoms with van der Waals surface area (Å²) in [7, 11) is 2.02. The van der Waals surface area contributed by atoms with Crippen LogP contribution in [0.25, 0.3) is 0 Å². The Balaban J connectivity index is 2.30. The maximum atomic E-state index is 4.53. The predicted molar refractivity (Wildman–Crippen MR) is 65.1 cm³/mol. The van der Waals surface area contributed by atoms with E-state index in [-0.39, 0.29) is 4.75 Å². The predicted octanol–water partition coefficient (Wildman–Crippen LogP) is 2.20. The zero-order valence-corrected chi connectivity index (χ0v) is 10.1. The van der Waals surface area contributed by atoms with Crippen molar-refractivity contribution in [1.82, 2.24) is 9.99 Å². The summed E-state index contributed by atoms with van der Waals surface area (Å²) < 4.78 is 0.217. The van der Waals surface area contributed by atoms with Crippen LogP contribution in [-0.4, -0.2) is 33.4 Å². The number of rotatable bonds is 1. The third-order valence-corrected chi connectivity index (χ3v) is 3.36. The third-order valence-electron chi connectivity index (χ3n) is 2.17. The number of hydrogen-bond acceptors (Lipinski definition) is 4. The molecule has 2 rings (SSSR count). The van der Waals surface area contributed by atoms with Gasteiger partial charge in [-0.2, -0.15) is 5.10 Å². The molecule has 2 heterocycles. The van der Waals surface area contributed by atoms with E-state index in [0.29, 0.717) is 0 Å². The van der Waals surface area contributed by atoms with E-state index >= 15 is 0 Å². The maximum Gasteiger partial charge on any atom is 0.124 e. The second-order valence-corrected chi connectivity index (χ2v) is 6.01. The highest BCUT2D eigenvalue weighted by atomic mass is 32.2. The summed E-state index contributed by atoms with van der Waals surface area (Å²) in [6, 6.07) is 4.00. The van der Waals surface area contributed by atoms with Crippen LogP contribution in [0.1, 0.15) is 19.4 Å². The first kappa shape index (κ1) is 10.5. The van der Waals surface area contributed by atoms with Crippen LogP contribution in [-0.2, 0) is 0 Å². The fraction of sp³-hybridized carbons (Fsp3) is 0.455. The van der Waals surface area contributed by atoms with Gasteiger partial charge in [0.25, 0.3) is 0 Å². The van der Waals surface area contributed by atoms with E-state index in [1.54, 1.807) is 12.4 Å². The first-order valence-electron chi connectivity index (χ1n) is 4.96. The fourth-order valence-electron chi connectivity index (χ4n) is 1.67. The number of hydrogen-bond donors (Lipinski definition) is 0. The van der Waals surface area contributed by atoms with Crippen LogP contribution in [0.5, 0.6) is 0 Å². The Hall–Kier alpha value is -1.03. The van der Waals surface area contributed by atoms with Crippen molar-refractivity contribution < 1.29 is 0 Å². The number of hydrazone groups is 1. The number of nitrogens with zero attached hydrogens (tertiary/aromatic N) is 3. The van der Waals surface area contributed by atoms with Crippen molar-refractivity contribution in [3.63, 3.8) is 0 Å². The minimum Gasteiger partial charge on any atom is -0.298 e. The molecular weight excluding hydrogens is 206 g/mol. The minimum atomic E-state index is 0.217. The fourth-order valence-corrected chi connectivity index (χ4v) is 2.88. The van der Waals surface area contributed by atoms with Gasteiger partial charge in [0, 0.05) is 29.8 Å². The van der Waals surface area contributed by atoms with Gasteiger partial charge in [-0.25, -0.2) is 0 Å². The highest BCUT2D eigenvalue weighted by Crippen LogP contribution is 2.32. The monoisotopic (exact) mass is 221 g/mol. The molecule has 4 heteroatoms. The zero-order chi connectivity index (χ0) is 10.9. The lowest BCUT2D eigenvalue weighted by atomic mass is 10.2. The molecule has 0 atom stereocenters. The largest absolute Gasteiger partial charge is 0.298 e. The molecule has 80 valence electrons. The Morgan fingerprint density at radius 3 is 2.60 bits per heavy atom. The van der Waals surface area contributed by atoms with Crippen LogP contribution in [0, 0.1) is 0 Å². The molecule has 0 aromatic carbocycles. The molecule has 1 aromatic rings. The molecule has 0 N–H and O–H groups in total. The molecule has 1 aliphatic rings. The number of aromatic nitrogens is 1. The van der Waals surface area contributed by atoms with Gasteiger partial charge in [0.15, 0.2) is 0 Å². The lowest BCUT2D eigenvalue weighted by Crippen LogP contribution is -2.36. The standard InChI is InChI=1S/C11H15N3S/c1-11(2)8-14(3)13-10(15-11)9-4-6-12-7-5-9/h4-7H,8H2,1-3H3. The SMILES string of the molecule is CN1CC(C)(C)SC(c2ccncc2)=N1. The van der Waals surface area contributed by atoms with Crippen LogP contribution in [0.3, 0.4) is 0 Å². The Kier molecular flexibility index (Phi) is 2.69. The smallest absolute Gasteiger partial charge is 0.124 e. The second-order valence-electron chi connectivity index (χ2n) is 4.32. The molecule has 0 amide bonds. The summed E-state index contributed by atoms with van der Waals surface area (Å²) in [5.74, 6) is 0. The first-order valence-corrected chi connectivity index (χ1v) is 5.78. The van der Waals surface area contributed by atoms with E-state index in [0.717, 1.165) is 17.2 Å². The van der Waals surface area contributed by atoms with Crippen LogP contribution in [0.4, 0.5) is 0 Å². The van der Waals surface area contributed by atoms with E-state index in [1.807, 2.05) is 36.0 Å². The Morgan fingerprint density at radius 1 is 1.33 bits per heavy atom. The highest BCUT2D eigenvalue weighted by molar-refractivity contribution is 8.15. The molecule has 0 spiro atoms. The van der Waals surface area contributed by atoms with Crippen LogP contribution in [0.15, 0.2) is 29.6 Å². The van der Waals surface area contributed by atoms with E-state index < -0.39 is 0 Å². The van der Waals surface area contributed by atoms with E-state index in [1.165, 1.54) is 0 Å². The van der Waals surface area contributed by atoms with Crippen molar-refractivity contribution in [2.75, 3.05) is 13.6 Å². The van der Waals surface area contributed by atoms with Crippen molar-refractivity contribution in [1.29, 1.82) is 0 Å². The quantitative estimate of drug-likeness (QED) is 0.728. The Labute approximate surface area is 94.6 Å². The molecule has 0 saturated carbocycles. The summed E-state index contributed by atoms with van der Waals surface area (Å²) >= 11 is 1.83. The summed E-state index contributed by atoms with van der Waals surface area (Å²) in [5.41, 5.74) is 1.15. The average molecular weight is 221 g/mol. The van der Waals surface area contributed by atoms with Crippen molar-refractivity contribution in [2.24, 2.45) is 5.10 Å². The summed E-state index contributed by atoms with van der Waals surface area (Å²) in [4.78, 5) is 4.02. The van der Waals surface area contributed by atoms with Crippen molar-refractivity contribution >= 4 is 16.8 Å². The highest BCUT2D eigenvalue weighted by Gasteiger charge is 2.28. The van der Waals surface area contributed by atoms with Gasteiger partial charge in [-0.15, -0.1) is 0 Å². The average Bonchev–Trinajstić information content (AvgIpc) is 2.16. The Morgan fingerprint density at radius 2 is 2.00 bits per heavy atom. The lowest BCUT2D eigenvalue weighted by molar-refractivity contribution is 0.323. The van der Waals surface area contributed by atoms with Gasteiger partial charge in [-0.1, -0.05) is 11.8 Å². The topological polar surface area (TPSA) is 28.5 Å². The van der Waals surface area contributed by atoms with E-state index in [2.05, 4.69) is 23.9 Å². The van der Waals surface area contributed by atoms with Crippen molar-refractivity contribution in [2.45, 2.75) is 18.6 Å². The lowest BCUT2D eigenvalue weighted by Gasteiger charge is -2.33. The van der Waals surface area contributed by atoms with Gasteiger partial charge >= 0.3 is 0 Å². The molecule has 0 radical (unpaired) electrons. The summed E-state index contributed by atoms with van der Waals surface area (Å²) in [5, 5.41) is 7.62. The van der Waals surface area contributed by atoms with Gasteiger partial charge in [0.2, 0.25) is 0 Å². The van der Waals surface area contributed by atoms with Gasteiger partial charge in [-0.05, 0) is 26.0 Å².